The highest BCUT2D eigenvalue weighted by Crippen LogP contribution is 2.37. The second kappa shape index (κ2) is 18.6. The summed E-state index contributed by atoms with van der Waals surface area (Å²) in [5.41, 5.74) is 0.308. The lowest BCUT2D eigenvalue weighted by Gasteiger charge is -2.40. The van der Waals surface area contributed by atoms with Crippen LogP contribution in [0.4, 0.5) is 40.4 Å². The average Bonchev–Trinajstić information content (AvgIpc) is 3.87. The zero-order valence-corrected chi connectivity index (χ0v) is 36.5. The number of carbonyl (C=O) groups excluding carboxylic acids is 5. The zero-order valence-electron chi connectivity index (χ0n) is 36.5. The van der Waals surface area contributed by atoms with Crippen molar-refractivity contribution in [2.75, 3.05) is 98.6 Å². The molecule has 5 fully saturated rings. The molecule has 66 heavy (non-hydrogen) atoms. The highest BCUT2D eigenvalue weighted by atomic mass is 19.4. The van der Waals surface area contributed by atoms with Gasteiger partial charge < -0.3 is 29.8 Å². The summed E-state index contributed by atoms with van der Waals surface area (Å²) in [5.74, 6) is -2.21. The first-order valence-electron chi connectivity index (χ1n) is 22.9. The van der Waals surface area contributed by atoms with E-state index in [2.05, 4.69) is 30.3 Å². The predicted octanol–water partition coefficient (Wildman–Crippen LogP) is 4.73. The molecule has 6 aliphatic rings. The van der Waals surface area contributed by atoms with Gasteiger partial charge in [0.1, 0.15) is 17.7 Å². The Labute approximate surface area is 379 Å². The van der Waals surface area contributed by atoms with E-state index in [0.29, 0.717) is 62.4 Å². The lowest BCUT2D eigenvalue weighted by molar-refractivity contribution is -0.138. The van der Waals surface area contributed by atoms with Crippen LogP contribution >= 0.6 is 0 Å². The minimum absolute atomic E-state index is 0.0129. The van der Waals surface area contributed by atoms with Gasteiger partial charge in [-0.2, -0.15) is 18.4 Å². The first kappa shape index (κ1) is 45.0. The van der Waals surface area contributed by atoms with Gasteiger partial charge in [-0.05, 0) is 92.8 Å². The van der Waals surface area contributed by atoms with Crippen LogP contribution in [0.25, 0.3) is 0 Å². The smallest absolute Gasteiger partial charge is 0.371 e. The van der Waals surface area contributed by atoms with Gasteiger partial charge in [0.05, 0.1) is 45.9 Å². The normalized spacial score (nSPS) is 22.8. The summed E-state index contributed by atoms with van der Waals surface area (Å²) in [7, 11) is 0. The molecule has 15 nitrogen and oxygen atoms in total. The van der Waals surface area contributed by atoms with E-state index in [1.54, 1.807) is 12.3 Å². The Morgan fingerprint density at radius 1 is 0.758 bits per heavy atom. The van der Waals surface area contributed by atoms with Crippen molar-refractivity contribution in [2.24, 2.45) is 17.8 Å². The van der Waals surface area contributed by atoms with Gasteiger partial charge in [0.2, 0.25) is 17.7 Å². The Bertz CT molecular complexity index is 2420. The van der Waals surface area contributed by atoms with Crippen molar-refractivity contribution in [3.63, 3.8) is 0 Å². The van der Waals surface area contributed by atoms with E-state index < -0.39 is 52.8 Å². The van der Waals surface area contributed by atoms with Crippen LogP contribution in [0.1, 0.15) is 76.8 Å². The lowest BCUT2D eigenvalue weighted by Crippen LogP contribution is -2.54. The maximum absolute atomic E-state index is 15.5. The molecule has 2 aromatic carbocycles. The summed E-state index contributed by atoms with van der Waals surface area (Å²) < 4.78 is 56.0. The summed E-state index contributed by atoms with van der Waals surface area (Å²) in [5, 5.41) is 14.2. The fourth-order valence-electron chi connectivity index (χ4n) is 10.5. The van der Waals surface area contributed by atoms with Crippen molar-refractivity contribution in [2.45, 2.75) is 57.2 Å². The number of nitrogens with zero attached hydrogens (tertiary/aromatic N) is 8. The number of hydrogen-bond donors (Lipinski definition) is 2. The highest BCUT2D eigenvalue weighted by Gasteiger charge is 2.46. The van der Waals surface area contributed by atoms with Gasteiger partial charge in [-0.3, -0.25) is 34.2 Å². The molecule has 5 saturated heterocycles. The van der Waals surface area contributed by atoms with E-state index in [4.69, 9.17) is 5.26 Å². The van der Waals surface area contributed by atoms with Crippen LogP contribution in [0.3, 0.4) is 0 Å². The Hall–Kier alpha value is -6.13. The van der Waals surface area contributed by atoms with Crippen LogP contribution in [-0.4, -0.2) is 134 Å². The minimum atomic E-state index is -4.63. The molecule has 1 unspecified atom stereocenters. The largest absolute Gasteiger partial charge is 0.417 e. The molecule has 9 rings (SSSR count). The molecule has 0 aliphatic carbocycles. The zero-order chi connectivity index (χ0) is 46.3. The number of halogens is 4. The molecule has 0 spiro atoms. The number of nitriles is 1. The number of aromatic nitrogens is 1. The molecule has 6 aliphatic heterocycles. The monoisotopic (exact) mass is 912 g/mol. The van der Waals surface area contributed by atoms with Gasteiger partial charge in [-0.25, -0.2) is 9.37 Å². The van der Waals surface area contributed by atoms with Crippen molar-refractivity contribution in [3.8, 4) is 6.07 Å². The minimum Gasteiger partial charge on any atom is -0.371 e. The Morgan fingerprint density at radius 2 is 1.36 bits per heavy atom. The van der Waals surface area contributed by atoms with E-state index in [1.807, 2.05) is 21.9 Å². The van der Waals surface area contributed by atoms with Gasteiger partial charge >= 0.3 is 6.18 Å². The molecule has 19 heteroatoms. The number of rotatable bonds is 10. The van der Waals surface area contributed by atoms with Crippen LogP contribution in [0.15, 0.2) is 48.7 Å². The van der Waals surface area contributed by atoms with Gasteiger partial charge in [0, 0.05) is 96.6 Å². The molecular formula is C47H52F4N10O5. The van der Waals surface area contributed by atoms with E-state index in [0.717, 1.165) is 94.3 Å². The molecular weight excluding hydrogens is 861 g/mol. The number of pyridine rings is 1. The summed E-state index contributed by atoms with van der Waals surface area (Å²) in [6.07, 6.45) is 1.16. The molecule has 348 valence electrons. The maximum atomic E-state index is 15.5. The molecule has 2 atom stereocenters. The number of piperazine rings is 1. The Morgan fingerprint density at radius 3 is 2.00 bits per heavy atom. The second-order valence-corrected chi connectivity index (χ2v) is 18.4. The van der Waals surface area contributed by atoms with Gasteiger partial charge in [0.25, 0.3) is 11.8 Å². The number of piperidine rings is 3. The van der Waals surface area contributed by atoms with Crippen molar-refractivity contribution >= 4 is 52.4 Å². The number of amides is 5. The molecule has 1 aromatic heterocycles. The maximum Gasteiger partial charge on any atom is 0.417 e. The second-order valence-electron chi connectivity index (χ2n) is 18.4. The first-order chi connectivity index (χ1) is 31.7. The highest BCUT2D eigenvalue weighted by molar-refractivity contribution is 6.23. The molecule has 2 N–H and O–H groups in total. The third-order valence-electron chi connectivity index (χ3n) is 14.3. The number of anilines is 4. The summed E-state index contributed by atoms with van der Waals surface area (Å²) >= 11 is 0. The van der Waals surface area contributed by atoms with Crippen molar-refractivity contribution in [3.05, 3.63) is 76.7 Å². The molecule has 0 saturated carbocycles. The molecule has 5 amide bonds. The summed E-state index contributed by atoms with van der Waals surface area (Å²) in [6, 6.07) is 10.6. The van der Waals surface area contributed by atoms with Crippen LogP contribution < -0.4 is 25.3 Å². The van der Waals surface area contributed by atoms with Crippen LogP contribution in [0, 0.1) is 34.9 Å². The fourth-order valence-corrected chi connectivity index (χ4v) is 10.5. The number of fused-ring (bicyclic) bond motifs is 1. The van der Waals surface area contributed by atoms with Gasteiger partial charge in [0.15, 0.2) is 0 Å². The van der Waals surface area contributed by atoms with E-state index in [1.165, 1.54) is 18.2 Å². The van der Waals surface area contributed by atoms with Crippen LogP contribution in [0.2, 0.25) is 0 Å². The summed E-state index contributed by atoms with van der Waals surface area (Å²) in [6.45, 7) is 9.70. The SMILES string of the molecule is N#Cc1ccc(N2CCC(C(=O)Nc3ccc(N4CCC(CN5CCN(C[C@H]6CCN(c7cc8c(cc7F)C(=O)N(C7CCC(=O)NC7=O)C8=O)C6)CC5)CC4)cn3)CC2)cc1C(F)(F)F. The quantitative estimate of drug-likeness (QED) is 0.213. The van der Waals surface area contributed by atoms with Crippen molar-refractivity contribution in [1.82, 2.24) is 25.0 Å². The number of benzene rings is 2. The molecule has 0 radical (unpaired) electrons. The van der Waals surface area contributed by atoms with Crippen LogP contribution in [-0.2, 0) is 20.6 Å². The fraction of sp³-hybridized carbons (Fsp3) is 0.511. The molecule has 7 heterocycles. The van der Waals surface area contributed by atoms with E-state index >= 15 is 4.39 Å². The van der Waals surface area contributed by atoms with Gasteiger partial charge in [-0.1, -0.05) is 0 Å². The van der Waals surface area contributed by atoms with E-state index in [9.17, 15) is 37.1 Å². The summed E-state index contributed by atoms with van der Waals surface area (Å²) in [4.78, 5) is 80.2. The third-order valence-corrected chi connectivity index (χ3v) is 14.3. The average molecular weight is 913 g/mol. The third kappa shape index (κ3) is 9.43. The number of carbonyl (C=O) groups is 5. The topological polar surface area (TPSA) is 166 Å². The van der Waals surface area contributed by atoms with Gasteiger partial charge in [-0.15, -0.1) is 0 Å². The lowest BCUT2D eigenvalue weighted by atomic mass is 9.95. The predicted molar refractivity (Wildman–Crippen MR) is 235 cm³/mol. The molecule has 0 bridgehead atoms. The number of hydrogen-bond acceptors (Lipinski definition) is 12. The number of alkyl halides is 3. The van der Waals surface area contributed by atoms with Crippen LogP contribution in [0.5, 0.6) is 0 Å². The molecule has 3 aromatic rings. The standard InChI is InChI=1S/C47H52F4N10O5/c48-38-22-35-36(46(66)61(45(35)65)39-4-6-42(62)55-44(39)64)23-40(38)60-14-9-30(28-60)27-57-19-17-56(18-20-57)26-29-7-12-59(13-8-29)34-3-5-41(53-25-34)54-43(63)31-10-15-58(16-11-31)33-2-1-32(24-52)37(21-33)47(49,50)51/h1-3,5,21-23,25,29-31,39H,4,6-20,26-28H2,(H,53,54,63)(H,55,62,64)/t30-,39?/m1/s1. The Kier molecular flexibility index (Phi) is 12.7. The van der Waals surface area contributed by atoms with E-state index in [-0.39, 0.29) is 41.5 Å². The Balaban J connectivity index is 0.679. The number of imide groups is 2. The van der Waals surface area contributed by atoms with Crippen molar-refractivity contribution in [1.29, 1.82) is 5.26 Å². The first-order valence-corrected chi connectivity index (χ1v) is 22.9. The number of nitrogens with one attached hydrogen (secondary N) is 2. The van der Waals surface area contributed by atoms with Crippen molar-refractivity contribution < 1.29 is 41.5 Å².